The highest BCUT2D eigenvalue weighted by atomic mass is 16.1. The van der Waals surface area contributed by atoms with Gasteiger partial charge in [0.1, 0.15) is 0 Å². The van der Waals surface area contributed by atoms with Crippen LogP contribution in [0.3, 0.4) is 0 Å². The van der Waals surface area contributed by atoms with Crippen molar-refractivity contribution in [2.75, 3.05) is 0 Å². The van der Waals surface area contributed by atoms with Crippen LogP contribution in [0.1, 0.15) is 37.3 Å². The molecule has 2 aromatic carbocycles. The smallest absolute Gasteiger partial charge is 0.221 e. The van der Waals surface area contributed by atoms with Gasteiger partial charge in [0.25, 0.3) is 0 Å². The van der Waals surface area contributed by atoms with Crippen molar-refractivity contribution in [3.05, 3.63) is 84.2 Å². The van der Waals surface area contributed by atoms with E-state index in [1.807, 2.05) is 36.4 Å². The Bertz CT molecular complexity index is 777. The highest BCUT2D eigenvalue weighted by Crippen LogP contribution is 2.27. The number of hydrogen-bond donors (Lipinski definition) is 1. The van der Waals surface area contributed by atoms with Gasteiger partial charge in [-0.05, 0) is 17.0 Å². The molecule has 1 atom stereocenters. The van der Waals surface area contributed by atoms with E-state index in [1.165, 1.54) is 0 Å². The van der Waals surface area contributed by atoms with Gasteiger partial charge in [0.2, 0.25) is 5.91 Å². The van der Waals surface area contributed by atoms with Crippen molar-refractivity contribution in [1.82, 2.24) is 20.3 Å². The minimum Gasteiger partial charge on any atom is -0.351 e. The first kappa shape index (κ1) is 18.8. The molecule has 1 N–H and O–H groups in total. The molecule has 3 aromatic rings. The Hall–Kier alpha value is -2.95. The molecule has 5 heteroatoms. The normalized spacial score (nSPS) is 12.3. The molecule has 5 nitrogen and oxygen atoms in total. The predicted octanol–water partition coefficient (Wildman–Crippen LogP) is 3.64. The Morgan fingerprint density at radius 2 is 1.44 bits per heavy atom. The van der Waals surface area contributed by atoms with Gasteiger partial charge in [-0.1, -0.05) is 74.5 Å². The van der Waals surface area contributed by atoms with E-state index in [-0.39, 0.29) is 23.8 Å². The van der Waals surface area contributed by atoms with Crippen LogP contribution in [0.5, 0.6) is 0 Å². The molecule has 3 rings (SSSR count). The lowest BCUT2D eigenvalue weighted by molar-refractivity contribution is -0.122. The lowest BCUT2D eigenvalue weighted by Gasteiger charge is -2.24. The molecule has 0 radical (unpaired) electrons. The van der Waals surface area contributed by atoms with Gasteiger partial charge < -0.3 is 5.32 Å². The Morgan fingerprint density at radius 3 is 1.93 bits per heavy atom. The van der Waals surface area contributed by atoms with Gasteiger partial charge in [0.15, 0.2) is 0 Å². The zero-order chi connectivity index (χ0) is 19.1. The molecule has 0 saturated heterocycles. The molecular weight excluding hydrogens is 336 g/mol. The number of amides is 1. The van der Waals surface area contributed by atoms with Crippen LogP contribution < -0.4 is 5.32 Å². The summed E-state index contributed by atoms with van der Waals surface area (Å²) in [6.45, 7) is 4.76. The molecule has 0 aliphatic heterocycles. The number of rotatable bonds is 8. The highest BCUT2D eigenvalue weighted by Gasteiger charge is 2.22. The van der Waals surface area contributed by atoms with Crippen LogP contribution in [0.2, 0.25) is 0 Å². The number of carbonyl (C=O) groups excluding carboxylic acids is 1. The van der Waals surface area contributed by atoms with Crippen LogP contribution in [0.25, 0.3) is 0 Å². The van der Waals surface area contributed by atoms with E-state index in [4.69, 9.17) is 0 Å². The van der Waals surface area contributed by atoms with Crippen LogP contribution in [0, 0.1) is 5.92 Å². The average molecular weight is 362 g/mol. The fraction of sp³-hybridized carbons (Fsp3) is 0.318. The predicted molar refractivity (Wildman–Crippen MR) is 106 cm³/mol. The van der Waals surface area contributed by atoms with Gasteiger partial charge in [-0.25, -0.2) is 0 Å². The van der Waals surface area contributed by atoms with Gasteiger partial charge in [-0.15, -0.1) is 0 Å². The standard InChI is InChI=1S/C22H26N4O/c1-17(2)21(16-26-23-13-14-24-26)25-22(27)15-20(18-9-5-3-6-10-18)19-11-7-4-8-12-19/h3-14,17,20-21H,15-16H2,1-2H3,(H,25,27). The zero-order valence-electron chi connectivity index (χ0n) is 15.8. The van der Waals surface area contributed by atoms with E-state index >= 15 is 0 Å². The number of aromatic nitrogens is 3. The summed E-state index contributed by atoms with van der Waals surface area (Å²) in [5.74, 6) is 0.355. The SMILES string of the molecule is CC(C)C(Cn1nccn1)NC(=O)CC(c1ccccc1)c1ccccc1. The first-order chi connectivity index (χ1) is 13.1. The lowest BCUT2D eigenvalue weighted by atomic mass is 9.88. The maximum Gasteiger partial charge on any atom is 0.221 e. The zero-order valence-corrected chi connectivity index (χ0v) is 15.8. The number of benzene rings is 2. The van der Waals surface area contributed by atoms with E-state index in [2.05, 4.69) is 53.6 Å². The molecule has 27 heavy (non-hydrogen) atoms. The third kappa shape index (κ3) is 5.26. The Kier molecular flexibility index (Phi) is 6.36. The Labute approximate surface area is 160 Å². The second-order valence-electron chi connectivity index (χ2n) is 7.08. The van der Waals surface area contributed by atoms with Gasteiger partial charge in [0.05, 0.1) is 25.0 Å². The first-order valence-corrected chi connectivity index (χ1v) is 9.37. The van der Waals surface area contributed by atoms with Crippen molar-refractivity contribution >= 4 is 5.91 Å². The van der Waals surface area contributed by atoms with E-state index in [1.54, 1.807) is 17.2 Å². The lowest BCUT2D eigenvalue weighted by Crippen LogP contribution is -2.42. The van der Waals surface area contributed by atoms with E-state index in [9.17, 15) is 4.79 Å². The van der Waals surface area contributed by atoms with Crippen LogP contribution in [0.15, 0.2) is 73.1 Å². The molecular formula is C22H26N4O. The summed E-state index contributed by atoms with van der Waals surface area (Å²) in [5, 5.41) is 11.5. The molecule has 0 aliphatic carbocycles. The van der Waals surface area contributed by atoms with Gasteiger partial charge in [0, 0.05) is 12.3 Å². The topological polar surface area (TPSA) is 59.8 Å². The largest absolute Gasteiger partial charge is 0.351 e. The number of nitrogens with zero attached hydrogens (tertiary/aromatic N) is 3. The minimum absolute atomic E-state index is 0.0166. The molecule has 0 fully saturated rings. The van der Waals surface area contributed by atoms with Crippen LogP contribution in [-0.2, 0) is 11.3 Å². The van der Waals surface area contributed by atoms with Crippen molar-refractivity contribution in [3.8, 4) is 0 Å². The first-order valence-electron chi connectivity index (χ1n) is 9.37. The number of hydrogen-bond acceptors (Lipinski definition) is 3. The summed E-state index contributed by atoms with van der Waals surface area (Å²) in [4.78, 5) is 14.5. The van der Waals surface area contributed by atoms with Crippen LogP contribution in [-0.4, -0.2) is 26.9 Å². The fourth-order valence-corrected chi connectivity index (χ4v) is 3.19. The van der Waals surface area contributed by atoms with Crippen molar-refractivity contribution in [2.24, 2.45) is 5.92 Å². The van der Waals surface area contributed by atoms with Gasteiger partial charge in [-0.2, -0.15) is 15.0 Å². The number of nitrogens with one attached hydrogen (secondary N) is 1. The third-order valence-corrected chi connectivity index (χ3v) is 4.77. The summed E-state index contributed by atoms with van der Waals surface area (Å²) in [6.07, 6.45) is 3.71. The Balaban J connectivity index is 1.73. The molecule has 1 heterocycles. The molecule has 0 spiro atoms. The maximum atomic E-state index is 12.9. The van der Waals surface area contributed by atoms with Crippen molar-refractivity contribution in [2.45, 2.75) is 38.8 Å². The van der Waals surface area contributed by atoms with Crippen LogP contribution in [0.4, 0.5) is 0 Å². The summed E-state index contributed by atoms with van der Waals surface area (Å²) >= 11 is 0. The van der Waals surface area contributed by atoms with Crippen LogP contribution >= 0.6 is 0 Å². The molecule has 1 amide bonds. The highest BCUT2D eigenvalue weighted by molar-refractivity contribution is 5.78. The second kappa shape index (κ2) is 9.12. The maximum absolute atomic E-state index is 12.9. The van der Waals surface area contributed by atoms with E-state index < -0.39 is 0 Å². The van der Waals surface area contributed by atoms with Gasteiger partial charge >= 0.3 is 0 Å². The molecule has 0 saturated carbocycles. The summed E-state index contributed by atoms with van der Waals surface area (Å²) in [7, 11) is 0. The van der Waals surface area contributed by atoms with Crippen molar-refractivity contribution in [1.29, 1.82) is 0 Å². The van der Waals surface area contributed by atoms with Crippen molar-refractivity contribution < 1.29 is 4.79 Å². The third-order valence-electron chi connectivity index (χ3n) is 4.77. The van der Waals surface area contributed by atoms with Crippen molar-refractivity contribution in [3.63, 3.8) is 0 Å². The molecule has 0 aliphatic rings. The number of carbonyl (C=O) groups is 1. The van der Waals surface area contributed by atoms with E-state index in [0.29, 0.717) is 13.0 Å². The average Bonchev–Trinajstić information content (AvgIpc) is 3.20. The minimum atomic E-state index is -0.0166. The molecule has 140 valence electrons. The summed E-state index contributed by atoms with van der Waals surface area (Å²) in [5.41, 5.74) is 2.29. The Morgan fingerprint density at radius 1 is 0.926 bits per heavy atom. The van der Waals surface area contributed by atoms with Gasteiger partial charge in [-0.3, -0.25) is 4.79 Å². The fourth-order valence-electron chi connectivity index (χ4n) is 3.19. The second-order valence-corrected chi connectivity index (χ2v) is 7.08. The molecule has 1 aromatic heterocycles. The summed E-state index contributed by atoms with van der Waals surface area (Å²) < 4.78 is 0. The quantitative estimate of drug-likeness (QED) is 0.665. The summed E-state index contributed by atoms with van der Waals surface area (Å²) in [6, 6.07) is 20.4. The van der Waals surface area contributed by atoms with E-state index in [0.717, 1.165) is 11.1 Å². The molecule has 0 bridgehead atoms. The monoisotopic (exact) mass is 362 g/mol. The molecule has 1 unspecified atom stereocenters.